The molecule has 0 spiro atoms. The van der Waals surface area contributed by atoms with Gasteiger partial charge in [-0.05, 0) is 24.6 Å². The number of hydrogen-bond acceptors (Lipinski definition) is 3. The van der Waals surface area contributed by atoms with Crippen LogP contribution in [0.3, 0.4) is 0 Å². The van der Waals surface area contributed by atoms with Crippen LogP contribution >= 0.6 is 11.3 Å². The van der Waals surface area contributed by atoms with E-state index in [2.05, 4.69) is 0 Å². The van der Waals surface area contributed by atoms with Gasteiger partial charge in [0, 0.05) is 16.5 Å². The molecule has 1 aromatic heterocycles. The van der Waals surface area contributed by atoms with Crippen LogP contribution in [-0.4, -0.2) is 11.1 Å². The predicted molar refractivity (Wildman–Crippen MR) is 57.9 cm³/mol. The summed E-state index contributed by atoms with van der Waals surface area (Å²) in [6.07, 6.45) is 0. The van der Waals surface area contributed by atoms with Gasteiger partial charge in [0.25, 0.3) is 0 Å². The lowest BCUT2D eigenvalue weighted by Crippen LogP contribution is -1.94. The van der Waals surface area contributed by atoms with Crippen LogP contribution in [0.15, 0.2) is 17.5 Å². The Morgan fingerprint density at radius 1 is 1.50 bits per heavy atom. The van der Waals surface area contributed by atoms with Crippen molar-refractivity contribution < 1.29 is 9.90 Å². The van der Waals surface area contributed by atoms with Crippen molar-refractivity contribution in [3.63, 3.8) is 0 Å². The summed E-state index contributed by atoms with van der Waals surface area (Å²) in [5.74, 6) is -0.902. The lowest BCUT2D eigenvalue weighted by atomic mass is 10.1. The summed E-state index contributed by atoms with van der Waals surface area (Å²) in [6, 6.07) is 3.70. The fraction of sp³-hybridized carbons (Fsp3) is 0.100. The van der Waals surface area contributed by atoms with E-state index in [-0.39, 0.29) is 0 Å². The molecule has 3 nitrogen and oxygen atoms in total. The second-order valence-electron chi connectivity index (χ2n) is 3.19. The highest BCUT2D eigenvalue weighted by Gasteiger charge is 2.12. The fourth-order valence-corrected chi connectivity index (χ4v) is 2.43. The number of hydrogen-bond donors (Lipinski definition) is 2. The van der Waals surface area contributed by atoms with Crippen molar-refractivity contribution >= 4 is 33.1 Å². The maximum atomic E-state index is 10.9. The summed E-state index contributed by atoms with van der Waals surface area (Å²) in [5, 5.41) is 11.3. The minimum absolute atomic E-state index is 0.334. The molecule has 2 rings (SSSR count). The van der Waals surface area contributed by atoms with E-state index < -0.39 is 5.97 Å². The van der Waals surface area contributed by atoms with Crippen molar-refractivity contribution in [3.05, 3.63) is 28.6 Å². The van der Waals surface area contributed by atoms with Crippen molar-refractivity contribution in [3.8, 4) is 0 Å². The summed E-state index contributed by atoms with van der Waals surface area (Å²) >= 11 is 1.37. The molecule has 0 atom stereocenters. The van der Waals surface area contributed by atoms with Crippen molar-refractivity contribution in [2.75, 3.05) is 5.73 Å². The molecule has 0 amide bonds. The molecule has 4 heteroatoms. The summed E-state index contributed by atoms with van der Waals surface area (Å²) in [4.78, 5) is 10.9. The zero-order valence-electron chi connectivity index (χ0n) is 7.57. The van der Waals surface area contributed by atoms with Gasteiger partial charge in [-0.2, -0.15) is 0 Å². The number of thiophene rings is 1. The quantitative estimate of drug-likeness (QED) is 0.706. The van der Waals surface area contributed by atoms with Crippen LogP contribution in [0.2, 0.25) is 0 Å². The van der Waals surface area contributed by atoms with Crippen LogP contribution in [0.4, 0.5) is 5.69 Å². The Bertz CT molecular complexity index is 516. The summed E-state index contributed by atoms with van der Waals surface area (Å²) in [5.41, 5.74) is 7.75. The van der Waals surface area contributed by atoms with E-state index in [1.807, 2.05) is 19.1 Å². The highest BCUT2D eigenvalue weighted by Crippen LogP contribution is 2.31. The maximum absolute atomic E-state index is 10.9. The molecule has 0 bridgehead atoms. The van der Waals surface area contributed by atoms with Gasteiger partial charge in [0.05, 0.1) is 10.3 Å². The number of anilines is 1. The number of aromatic carboxylic acids is 1. The standard InChI is InChI=1S/C10H9NO2S/c1-5-2-6-7(10(12)13)4-14-9(6)8(11)3-5/h2-4H,11H2,1H3,(H,12,13). The van der Waals surface area contributed by atoms with Crippen LogP contribution in [0.1, 0.15) is 15.9 Å². The third kappa shape index (κ3) is 1.24. The predicted octanol–water partition coefficient (Wildman–Crippen LogP) is 2.49. The first-order valence-corrected chi connectivity index (χ1v) is 4.98. The number of carboxylic acid groups (broad SMARTS) is 1. The Hall–Kier alpha value is -1.55. The van der Waals surface area contributed by atoms with Crippen LogP contribution in [0.5, 0.6) is 0 Å². The number of carbonyl (C=O) groups is 1. The van der Waals surface area contributed by atoms with Crippen LogP contribution < -0.4 is 5.73 Å². The smallest absolute Gasteiger partial charge is 0.337 e. The molecule has 0 radical (unpaired) electrons. The number of carboxylic acids is 1. The maximum Gasteiger partial charge on any atom is 0.337 e. The van der Waals surface area contributed by atoms with Crippen molar-refractivity contribution in [2.45, 2.75) is 6.92 Å². The molecule has 0 aliphatic heterocycles. The first kappa shape index (κ1) is 9.02. The van der Waals surface area contributed by atoms with Crippen LogP contribution in [0.25, 0.3) is 10.1 Å². The molecule has 0 aliphatic carbocycles. The number of benzene rings is 1. The van der Waals surface area contributed by atoms with Crippen LogP contribution in [0, 0.1) is 6.92 Å². The number of nitrogen functional groups attached to an aromatic ring is 1. The Balaban J connectivity index is 2.85. The van der Waals surface area contributed by atoms with E-state index in [4.69, 9.17) is 10.8 Å². The molecule has 0 aliphatic rings. The summed E-state index contributed by atoms with van der Waals surface area (Å²) in [7, 11) is 0. The fourth-order valence-electron chi connectivity index (χ4n) is 1.48. The van der Waals surface area contributed by atoms with Crippen molar-refractivity contribution in [2.24, 2.45) is 0 Å². The first-order chi connectivity index (χ1) is 6.59. The summed E-state index contributed by atoms with van der Waals surface area (Å²) in [6.45, 7) is 1.90. The molecular weight excluding hydrogens is 198 g/mol. The Kier molecular flexibility index (Phi) is 1.93. The van der Waals surface area contributed by atoms with Gasteiger partial charge in [-0.3, -0.25) is 0 Å². The highest BCUT2D eigenvalue weighted by atomic mass is 32.1. The SMILES string of the molecule is Cc1cc(N)c2scc(C(=O)O)c2c1. The summed E-state index contributed by atoms with van der Waals surface area (Å²) < 4.78 is 0.855. The molecule has 72 valence electrons. The Labute approximate surface area is 84.8 Å². The normalized spacial score (nSPS) is 10.6. The first-order valence-electron chi connectivity index (χ1n) is 4.10. The number of nitrogens with two attached hydrogens (primary N) is 1. The van der Waals surface area contributed by atoms with E-state index in [0.29, 0.717) is 11.3 Å². The molecule has 1 heterocycles. The van der Waals surface area contributed by atoms with Gasteiger partial charge in [-0.25, -0.2) is 4.79 Å². The van der Waals surface area contributed by atoms with E-state index >= 15 is 0 Å². The zero-order valence-corrected chi connectivity index (χ0v) is 8.39. The van der Waals surface area contributed by atoms with E-state index in [9.17, 15) is 4.79 Å². The molecule has 2 aromatic rings. The van der Waals surface area contributed by atoms with Crippen molar-refractivity contribution in [1.29, 1.82) is 0 Å². The second-order valence-corrected chi connectivity index (χ2v) is 4.07. The molecular formula is C10H9NO2S. The highest BCUT2D eigenvalue weighted by molar-refractivity contribution is 7.18. The molecule has 3 N–H and O–H groups in total. The molecule has 14 heavy (non-hydrogen) atoms. The lowest BCUT2D eigenvalue weighted by molar-refractivity contribution is 0.0699. The Morgan fingerprint density at radius 3 is 2.86 bits per heavy atom. The van der Waals surface area contributed by atoms with E-state index in [0.717, 1.165) is 15.6 Å². The number of fused-ring (bicyclic) bond motifs is 1. The van der Waals surface area contributed by atoms with Crippen LogP contribution in [-0.2, 0) is 0 Å². The molecule has 0 fully saturated rings. The van der Waals surface area contributed by atoms with Crippen molar-refractivity contribution in [1.82, 2.24) is 0 Å². The number of aryl methyl sites for hydroxylation is 1. The van der Waals surface area contributed by atoms with Gasteiger partial charge in [0.1, 0.15) is 0 Å². The molecule has 0 saturated carbocycles. The van der Waals surface area contributed by atoms with Gasteiger partial charge < -0.3 is 10.8 Å². The van der Waals surface area contributed by atoms with E-state index in [1.54, 1.807) is 5.38 Å². The average Bonchev–Trinajstić information content (AvgIpc) is 2.47. The Morgan fingerprint density at radius 2 is 2.21 bits per heavy atom. The topological polar surface area (TPSA) is 63.3 Å². The molecule has 1 aromatic carbocycles. The van der Waals surface area contributed by atoms with Gasteiger partial charge in [-0.1, -0.05) is 0 Å². The monoisotopic (exact) mass is 207 g/mol. The second kappa shape index (κ2) is 2.99. The third-order valence-corrected chi connectivity index (χ3v) is 3.12. The molecule has 0 saturated heterocycles. The lowest BCUT2D eigenvalue weighted by Gasteiger charge is -1.99. The van der Waals surface area contributed by atoms with Gasteiger partial charge >= 0.3 is 5.97 Å². The number of rotatable bonds is 1. The zero-order chi connectivity index (χ0) is 10.3. The van der Waals surface area contributed by atoms with Gasteiger partial charge in [0.15, 0.2) is 0 Å². The van der Waals surface area contributed by atoms with E-state index in [1.165, 1.54) is 11.3 Å². The molecule has 0 unspecified atom stereocenters. The third-order valence-electron chi connectivity index (χ3n) is 2.08. The van der Waals surface area contributed by atoms with Gasteiger partial charge in [0.2, 0.25) is 0 Å². The van der Waals surface area contributed by atoms with Gasteiger partial charge in [-0.15, -0.1) is 11.3 Å². The largest absolute Gasteiger partial charge is 0.478 e. The minimum Gasteiger partial charge on any atom is -0.478 e. The average molecular weight is 207 g/mol. The minimum atomic E-state index is -0.902.